The van der Waals surface area contributed by atoms with E-state index >= 15 is 0 Å². The van der Waals surface area contributed by atoms with Crippen LogP contribution in [0.2, 0.25) is 0 Å². The van der Waals surface area contributed by atoms with Gasteiger partial charge in [0.15, 0.2) is 0 Å². The lowest BCUT2D eigenvalue weighted by Gasteiger charge is -2.30. The molecule has 1 aromatic heterocycles. The van der Waals surface area contributed by atoms with Crippen molar-refractivity contribution in [2.24, 2.45) is 0 Å². The van der Waals surface area contributed by atoms with Crippen molar-refractivity contribution in [2.75, 3.05) is 6.61 Å². The first kappa shape index (κ1) is 18.6. The molecule has 0 bridgehead atoms. The molecule has 0 amide bonds. The van der Waals surface area contributed by atoms with Gasteiger partial charge in [0.05, 0.1) is 6.61 Å². The van der Waals surface area contributed by atoms with Crippen LogP contribution < -0.4 is 4.74 Å². The number of rotatable bonds is 3. The highest BCUT2D eigenvalue weighted by molar-refractivity contribution is 7.80. The van der Waals surface area contributed by atoms with Gasteiger partial charge in [-0.05, 0) is 47.1 Å². The first-order chi connectivity index (χ1) is 10.5. The lowest BCUT2D eigenvalue weighted by molar-refractivity contribution is 0.338. The Morgan fingerprint density at radius 3 is 1.78 bits per heavy atom. The van der Waals surface area contributed by atoms with Crippen LogP contribution in [0.3, 0.4) is 0 Å². The molecule has 0 unspecified atom stereocenters. The van der Waals surface area contributed by atoms with E-state index in [-0.39, 0.29) is 10.8 Å². The molecule has 23 heavy (non-hydrogen) atoms. The van der Waals surface area contributed by atoms with E-state index in [2.05, 4.69) is 59.7 Å². The minimum atomic E-state index is 0.0404. The van der Waals surface area contributed by atoms with Crippen LogP contribution in [0.5, 0.6) is 5.75 Å². The molecule has 1 nitrogen and oxygen atoms in total. The molecular weight excluding hydrogens is 340 g/mol. The lowest BCUT2D eigenvalue weighted by atomic mass is 9.75. The van der Waals surface area contributed by atoms with Crippen molar-refractivity contribution in [1.29, 1.82) is 0 Å². The van der Waals surface area contributed by atoms with E-state index in [1.807, 2.05) is 6.92 Å². The van der Waals surface area contributed by atoms with Crippen molar-refractivity contribution in [3.63, 3.8) is 0 Å². The van der Waals surface area contributed by atoms with E-state index in [9.17, 15) is 0 Å². The Balaban J connectivity index is 2.86. The molecular formula is C19H26OS3. The van der Waals surface area contributed by atoms with Crippen LogP contribution in [0.4, 0.5) is 0 Å². The minimum absolute atomic E-state index is 0.0404. The highest BCUT2D eigenvalue weighted by Crippen LogP contribution is 2.45. The van der Waals surface area contributed by atoms with E-state index in [1.54, 1.807) is 20.7 Å². The average Bonchev–Trinajstić information content (AvgIpc) is 2.82. The molecule has 0 spiro atoms. The van der Waals surface area contributed by atoms with Crippen molar-refractivity contribution in [1.82, 2.24) is 0 Å². The van der Waals surface area contributed by atoms with Gasteiger partial charge in [-0.25, -0.2) is 0 Å². The standard InChI is InChI=1S/C19H26OS3/c1-8-20-12-9-13(18(2,3)4)17(14(10-12)19(5,6)7)15-11-16(21)23-22-15/h9-11H,8H2,1-7H3. The van der Waals surface area contributed by atoms with Gasteiger partial charge in [0.2, 0.25) is 0 Å². The highest BCUT2D eigenvalue weighted by Gasteiger charge is 2.28. The Labute approximate surface area is 152 Å². The third-order valence-electron chi connectivity index (χ3n) is 3.75. The molecule has 0 atom stereocenters. The van der Waals surface area contributed by atoms with Crippen molar-refractivity contribution < 1.29 is 4.74 Å². The van der Waals surface area contributed by atoms with Gasteiger partial charge < -0.3 is 4.74 Å². The summed E-state index contributed by atoms with van der Waals surface area (Å²) in [5.41, 5.74) is 4.08. The Bertz CT molecular complexity index is 704. The number of benzene rings is 1. The van der Waals surface area contributed by atoms with Gasteiger partial charge in [-0.2, -0.15) is 0 Å². The first-order valence-corrected chi connectivity index (χ1v) is 10.5. The van der Waals surface area contributed by atoms with Crippen LogP contribution in [0.1, 0.15) is 59.6 Å². The zero-order valence-corrected chi connectivity index (χ0v) is 17.5. The predicted octanol–water partition coefficient (Wildman–Crippen LogP) is 7.20. The Morgan fingerprint density at radius 2 is 1.43 bits per heavy atom. The van der Waals surface area contributed by atoms with Gasteiger partial charge in [-0.15, -0.1) is 0 Å². The summed E-state index contributed by atoms with van der Waals surface area (Å²) >= 11 is 5.38. The van der Waals surface area contributed by atoms with Crippen LogP contribution >= 0.6 is 32.9 Å². The molecule has 4 heteroatoms. The second-order valence-electron chi connectivity index (χ2n) is 7.82. The maximum atomic E-state index is 5.86. The number of ether oxygens (including phenoxy) is 1. The molecule has 0 aliphatic heterocycles. The van der Waals surface area contributed by atoms with E-state index < -0.39 is 0 Å². The summed E-state index contributed by atoms with van der Waals surface area (Å²) in [4.78, 5) is 1.28. The molecule has 0 saturated heterocycles. The molecule has 0 saturated carbocycles. The van der Waals surface area contributed by atoms with E-state index in [4.69, 9.17) is 17.0 Å². The molecule has 2 aromatic rings. The van der Waals surface area contributed by atoms with Crippen LogP contribution in [0, 0.1) is 3.82 Å². The SMILES string of the molecule is CCOc1cc(C(C)(C)C)c(-c2cc(=S)ss2)c(C(C)(C)C)c1. The van der Waals surface area contributed by atoms with Crippen LogP contribution in [-0.4, -0.2) is 6.61 Å². The van der Waals surface area contributed by atoms with Gasteiger partial charge in [-0.1, -0.05) is 74.4 Å². The smallest absolute Gasteiger partial charge is 0.119 e. The zero-order chi connectivity index (χ0) is 17.4. The quantitative estimate of drug-likeness (QED) is 0.419. The summed E-state index contributed by atoms with van der Waals surface area (Å²) in [6, 6.07) is 6.56. The van der Waals surface area contributed by atoms with Gasteiger partial charge in [0.25, 0.3) is 0 Å². The second kappa shape index (κ2) is 6.66. The normalized spacial score (nSPS) is 12.5. The second-order valence-corrected chi connectivity index (χ2v) is 10.7. The number of hydrogen-bond donors (Lipinski definition) is 0. The summed E-state index contributed by atoms with van der Waals surface area (Å²) in [5.74, 6) is 0.963. The van der Waals surface area contributed by atoms with E-state index in [0.717, 1.165) is 9.57 Å². The maximum Gasteiger partial charge on any atom is 0.119 e. The largest absolute Gasteiger partial charge is 0.494 e. The third kappa shape index (κ3) is 4.23. The summed E-state index contributed by atoms with van der Waals surface area (Å²) in [6.45, 7) is 16.3. The first-order valence-electron chi connectivity index (χ1n) is 7.96. The number of hydrogen-bond acceptors (Lipinski definition) is 4. The molecule has 0 aliphatic carbocycles. The van der Waals surface area contributed by atoms with Crippen molar-refractivity contribution in [2.45, 2.75) is 59.3 Å². The molecule has 0 aliphatic rings. The van der Waals surface area contributed by atoms with E-state index in [0.29, 0.717) is 6.61 Å². The third-order valence-corrected chi connectivity index (χ3v) is 6.63. The summed E-state index contributed by atoms with van der Waals surface area (Å²) in [5, 5.41) is 0. The van der Waals surface area contributed by atoms with Crippen molar-refractivity contribution in [3.8, 4) is 16.2 Å². The Morgan fingerprint density at radius 1 is 0.913 bits per heavy atom. The topological polar surface area (TPSA) is 9.23 Å². The van der Waals surface area contributed by atoms with Crippen molar-refractivity contribution >= 4 is 32.9 Å². The molecule has 1 aromatic carbocycles. The Kier molecular flexibility index (Phi) is 5.39. The van der Waals surface area contributed by atoms with Gasteiger partial charge in [-0.3, -0.25) is 0 Å². The fraction of sp³-hybridized carbons (Fsp3) is 0.526. The lowest BCUT2D eigenvalue weighted by Crippen LogP contribution is -2.19. The molecule has 126 valence electrons. The molecule has 0 radical (unpaired) electrons. The molecule has 0 N–H and O–H groups in total. The molecule has 1 heterocycles. The molecule has 0 fully saturated rings. The van der Waals surface area contributed by atoms with E-state index in [1.165, 1.54) is 21.6 Å². The van der Waals surface area contributed by atoms with Crippen LogP contribution in [0.15, 0.2) is 18.2 Å². The van der Waals surface area contributed by atoms with Gasteiger partial charge >= 0.3 is 0 Å². The monoisotopic (exact) mass is 366 g/mol. The maximum absolute atomic E-state index is 5.86. The fourth-order valence-corrected chi connectivity index (χ4v) is 5.10. The Hall–Kier alpha value is -0.710. The highest BCUT2D eigenvalue weighted by atomic mass is 32.9. The summed E-state index contributed by atoms with van der Waals surface area (Å²) in [7, 11) is 3.46. The van der Waals surface area contributed by atoms with Crippen LogP contribution in [0.25, 0.3) is 10.4 Å². The van der Waals surface area contributed by atoms with Crippen molar-refractivity contribution in [3.05, 3.63) is 33.1 Å². The minimum Gasteiger partial charge on any atom is -0.494 e. The van der Waals surface area contributed by atoms with Gasteiger partial charge in [0.1, 0.15) is 9.57 Å². The molecule has 2 rings (SSSR count). The van der Waals surface area contributed by atoms with Crippen LogP contribution in [-0.2, 0) is 10.8 Å². The summed E-state index contributed by atoms with van der Waals surface area (Å²) < 4.78 is 6.82. The predicted molar refractivity (Wildman–Crippen MR) is 107 cm³/mol. The zero-order valence-electron chi connectivity index (χ0n) is 15.1. The average molecular weight is 367 g/mol. The van der Waals surface area contributed by atoms with Gasteiger partial charge in [0, 0.05) is 10.4 Å². The summed E-state index contributed by atoms with van der Waals surface area (Å²) in [6.07, 6.45) is 0. The fourth-order valence-electron chi connectivity index (χ4n) is 2.67.